The van der Waals surface area contributed by atoms with Gasteiger partial charge in [0.2, 0.25) is 0 Å². The molecule has 1 amide bonds. The van der Waals surface area contributed by atoms with Crippen LogP contribution in [0.5, 0.6) is 0 Å². The van der Waals surface area contributed by atoms with Crippen LogP contribution in [0.4, 0.5) is 4.79 Å². The van der Waals surface area contributed by atoms with Crippen LogP contribution < -0.4 is 0 Å². The van der Waals surface area contributed by atoms with Gasteiger partial charge in [-0.2, -0.15) is 0 Å². The van der Waals surface area contributed by atoms with Crippen molar-refractivity contribution < 1.29 is 9.90 Å². The lowest BCUT2D eigenvalue weighted by molar-refractivity contribution is 0.0716. The molecule has 3 heteroatoms. The summed E-state index contributed by atoms with van der Waals surface area (Å²) in [5.41, 5.74) is 0. The van der Waals surface area contributed by atoms with Crippen LogP contribution >= 0.6 is 0 Å². The fourth-order valence-electron chi connectivity index (χ4n) is 1.96. The summed E-state index contributed by atoms with van der Waals surface area (Å²) in [6.07, 6.45) is 2.43. The van der Waals surface area contributed by atoms with E-state index in [4.69, 9.17) is 0 Å². The lowest BCUT2D eigenvalue weighted by Crippen LogP contribution is -2.45. The van der Waals surface area contributed by atoms with Crippen LogP contribution in [0.2, 0.25) is 0 Å². The third-order valence-electron chi connectivity index (χ3n) is 2.88. The first kappa shape index (κ1) is 13.3. The third-order valence-corrected chi connectivity index (χ3v) is 2.88. The van der Waals surface area contributed by atoms with Gasteiger partial charge in [-0.1, -0.05) is 27.7 Å². The molecule has 0 N–H and O–H groups in total. The summed E-state index contributed by atoms with van der Waals surface area (Å²) in [5, 5.41) is 11.0. The standard InChI is InChI=1S/C11H22NO2/c1-5-9(6-2)12(11(13)14)10(7-3)8-4/h9-10H,5-8H2,1-4H3. The first-order chi connectivity index (χ1) is 6.62. The van der Waals surface area contributed by atoms with Crippen LogP contribution in [0.25, 0.3) is 0 Å². The van der Waals surface area contributed by atoms with Crippen LogP contribution in [0.3, 0.4) is 0 Å². The van der Waals surface area contributed by atoms with E-state index in [2.05, 4.69) is 0 Å². The minimum Gasteiger partial charge on any atom is -0.299 e. The number of hydrogen-bond acceptors (Lipinski definition) is 1. The lowest BCUT2D eigenvalue weighted by atomic mass is 10.0. The highest BCUT2D eigenvalue weighted by atomic mass is 16.4. The molecule has 0 heterocycles. The SMILES string of the molecule is CCC(CC)N(C([O])=O)C(CC)CC. The summed E-state index contributed by atoms with van der Waals surface area (Å²) in [7, 11) is 0. The topological polar surface area (TPSA) is 40.2 Å². The maximum Gasteiger partial charge on any atom is 0.453 e. The summed E-state index contributed by atoms with van der Waals surface area (Å²) in [6.45, 7) is 8.08. The van der Waals surface area contributed by atoms with E-state index in [1.165, 1.54) is 4.90 Å². The van der Waals surface area contributed by atoms with Crippen LogP contribution in [0, 0.1) is 0 Å². The van der Waals surface area contributed by atoms with Crippen molar-refractivity contribution in [1.29, 1.82) is 0 Å². The molecule has 14 heavy (non-hydrogen) atoms. The van der Waals surface area contributed by atoms with E-state index in [9.17, 15) is 9.90 Å². The Kier molecular flexibility index (Phi) is 6.34. The molecule has 0 rings (SSSR count). The van der Waals surface area contributed by atoms with Gasteiger partial charge in [0.15, 0.2) is 0 Å². The predicted octanol–water partition coefficient (Wildman–Crippen LogP) is 3.22. The normalized spacial score (nSPS) is 11.0. The summed E-state index contributed by atoms with van der Waals surface area (Å²) >= 11 is 0. The van der Waals surface area contributed by atoms with Crippen LogP contribution in [0.15, 0.2) is 0 Å². The molecule has 83 valence electrons. The number of amides is 1. The van der Waals surface area contributed by atoms with Gasteiger partial charge in [-0.05, 0) is 25.7 Å². The fraction of sp³-hybridized carbons (Fsp3) is 0.909. The van der Waals surface area contributed by atoms with E-state index in [0.29, 0.717) is 0 Å². The van der Waals surface area contributed by atoms with Gasteiger partial charge in [0.05, 0.1) is 0 Å². The van der Waals surface area contributed by atoms with Crippen LogP contribution in [0.1, 0.15) is 53.4 Å². The molecule has 0 aromatic carbocycles. The number of carbonyl (C=O) groups is 1. The Hall–Kier alpha value is -0.730. The zero-order valence-corrected chi connectivity index (χ0v) is 9.75. The van der Waals surface area contributed by atoms with E-state index >= 15 is 0 Å². The predicted molar refractivity (Wildman–Crippen MR) is 56.7 cm³/mol. The Balaban J connectivity index is 4.62. The average molecular weight is 200 g/mol. The molecule has 0 saturated heterocycles. The van der Waals surface area contributed by atoms with Crippen molar-refractivity contribution in [3.63, 3.8) is 0 Å². The molecule has 0 saturated carbocycles. The molecule has 0 aromatic rings. The van der Waals surface area contributed by atoms with Gasteiger partial charge in [-0.15, -0.1) is 0 Å². The van der Waals surface area contributed by atoms with Crippen LogP contribution in [-0.4, -0.2) is 23.1 Å². The molecule has 3 nitrogen and oxygen atoms in total. The quantitative estimate of drug-likeness (QED) is 0.649. The zero-order chi connectivity index (χ0) is 11.1. The maximum absolute atomic E-state index is 11.0. The van der Waals surface area contributed by atoms with E-state index in [-0.39, 0.29) is 12.1 Å². The number of carbonyl (C=O) groups excluding carboxylic acids is 1. The molecule has 0 aliphatic carbocycles. The molecule has 0 unspecified atom stereocenters. The lowest BCUT2D eigenvalue weighted by Gasteiger charge is -2.33. The molecule has 0 aliphatic heterocycles. The highest BCUT2D eigenvalue weighted by Gasteiger charge is 2.27. The van der Waals surface area contributed by atoms with E-state index in [1.807, 2.05) is 27.7 Å². The van der Waals surface area contributed by atoms with Gasteiger partial charge >= 0.3 is 6.09 Å². The molecule has 0 spiro atoms. The minimum absolute atomic E-state index is 0.116. The first-order valence-electron chi connectivity index (χ1n) is 5.61. The average Bonchev–Trinajstić information content (AvgIpc) is 2.18. The molecule has 0 fully saturated rings. The van der Waals surface area contributed by atoms with E-state index in [1.54, 1.807) is 0 Å². The Morgan fingerprint density at radius 3 is 1.36 bits per heavy atom. The summed E-state index contributed by atoms with van der Waals surface area (Å²) in [6, 6.07) is 0.231. The smallest absolute Gasteiger partial charge is 0.299 e. The second-order valence-electron chi connectivity index (χ2n) is 3.61. The van der Waals surface area contributed by atoms with Crippen molar-refractivity contribution in [2.75, 3.05) is 0 Å². The highest BCUT2D eigenvalue weighted by Crippen LogP contribution is 2.17. The van der Waals surface area contributed by atoms with Gasteiger partial charge < -0.3 is 0 Å². The molecular formula is C11H22NO2. The zero-order valence-electron chi connectivity index (χ0n) is 9.75. The maximum atomic E-state index is 11.0. The molecule has 0 aromatic heterocycles. The Labute approximate surface area is 87.1 Å². The second kappa shape index (κ2) is 6.68. The Morgan fingerprint density at radius 1 is 0.929 bits per heavy atom. The molecule has 1 radical (unpaired) electrons. The summed E-state index contributed by atoms with van der Waals surface area (Å²) in [4.78, 5) is 12.6. The van der Waals surface area contributed by atoms with Gasteiger partial charge in [0.25, 0.3) is 0 Å². The van der Waals surface area contributed by atoms with Gasteiger partial charge in [0, 0.05) is 12.1 Å². The molecule has 0 atom stereocenters. The van der Waals surface area contributed by atoms with E-state index < -0.39 is 6.09 Å². The summed E-state index contributed by atoms with van der Waals surface area (Å²) < 4.78 is 0. The first-order valence-corrected chi connectivity index (χ1v) is 5.61. The van der Waals surface area contributed by atoms with Gasteiger partial charge in [-0.3, -0.25) is 4.90 Å². The molecular weight excluding hydrogens is 178 g/mol. The highest BCUT2D eigenvalue weighted by molar-refractivity contribution is 5.65. The van der Waals surface area contributed by atoms with Crippen LogP contribution in [-0.2, 0) is 5.11 Å². The molecule has 0 aliphatic rings. The largest absolute Gasteiger partial charge is 0.453 e. The van der Waals surface area contributed by atoms with E-state index in [0.717, 1.165) is 25.7 Å². The minimum atomic E-state index is -1.02. The van der Waals surface area contributed by atoms with Gasteiger partial charge in [0.1, 0.15) is 0 Å². The van der Waals surface area contributed by atoms with Crippen molar-refractivity contribution in [2.45, 2.75) is 65.5 Å². The fourth-order valence-corrected chi connectivity index (χ4v) is 1.96. The van der Waals surface area contributed by atoms with Gasteiger partial charge in [-0.25, -0.2) is 9.90 Å². The number of rotatable bonds is 6. The number of hydrogen-bond donors (Lipinski definition) is 0. The number of nitrogens with zero attached hydrogens (tertiary/aromatic N) is 1. The second-order valence-corrected chi connectivity index (χ2v) is 3.61. The van der Waals surface area contributed by atoms with Crippen molar-refractivity contribution >= 4 is 6.09 Å². The Bertz CT molecular complexity index is 151. The Morgan fingerprint density at radius 2 is 1.21 bits per heavy atom. The van der Waals surface area contributed by atoms with Crippen molar-refractivity contribution in [1.82, 2.24) is 4.90 Å². The third kappa shape index (κ3) is 3.20. The van der Waals surface area contributed by atoms with Crippen molar-refractivity contribution in [3.05, 3.63) is 0 Å². The molecule has 0 bridgehead atoms. The summed E-state index contributed by atoms with van der Waals surface area (Å²) in [5.74, 6) is 0. The monoisotopic (exact) mass is 200 g/mol. The van der Waals surface area contributed by atoms with Crippen molar-refractivity contribution in [2.24, 2.45) is 0 Å². The van der Waals surface area contributed by atoms with Crippen molar-refractivity contribution in [3.8, 4) is 0 Å².